The van der Waals surface area contributed by atoms with Gasteiger partial charge in [-0.3, -0.25) is 10.1 Å². The summed E-state index contributed by atoms with van der Waals surface area (Å²) in [5.41, 5.74) is -0.879. The fourth-order valence-electron chi connectivity index (χ4n) is 4.96. The van der Waals surface area contributed by atoms with Crippen LogP contribution >= 0.6 is 0 Å². The molecular formula is C31H64N2O2. The zero-order valence-electron chi connectivity index (χ0n) is 24.4. The lowest BCUT2D eigenvalue weighted by Gasteiger charge is -2.33. The van der Waals surface area contributed by atoms with E-state index in [1.165, 1.54) is 109 Å². The number of hydrogen-bond donors (Lipinski definition) is 3. The largest absolute Gasteiger partial charge is 0.376 e. The van der Waals surface area contributed by atoms with E-state index < -0.39 is 5.72 Å². The van der Waals surface area contributed by atoms with Crippen LogP contribution in [0.2, 0.25) is 0 Å². The third-order valence-corrected chi connectivity index (χ3v) is 7.44. The number of unbranched alkanes of at least 4 members (excludes halogenated alkanes) is 18. The Balaban J connectivity index is 3.47. The van der Waals surface area contributed by atoms with Crippen LogP contribution in [-0.2, 0) is 4.79 Å². The Kier molecular flexibility index (Phi) is 24.6. The van der Waals surface area contributed by atoms with Gasteiger partial charge < -0.3 is 10.4 Å². The first-order valence-corrected chi connectivity index (χ1v) is 15.8. The average molecular weight is 497 g/mol. The lowest BCUT2D eigenvalue weighted by molar-refractivity contribution is -0.123. The van der Waals surface area contributed by atoms with Crippen molar-refractivity contribution < 1.29 is 9.90 Å². The van der Waals surface area contributed by atoms with E-state index in [1.807, 2.05) is 13.8 Å². The molecule has 0 fully saturated rings. The van der Waals surface area contributed by atoms with Gasteiger partial charge in [0.05, 0.1) is 6.17 Å². The van der Waals surface area contributed by atoms with E-state index in [-0.39, 0.29) is 12.1 Å². The maximum atomic E-state index is 12.3. The molecule has 35 heavy (non-hydrogen) atoms. The molecule has 4 nitrogen and oxygen atoms in total. The van der Waals surface area contributed by atoms with E-state index in [2.05, 4.69) is 24.5 Å². The van der Waals surface area contributed by atoms with Crippen LogP contribution in [0.1, 0.15) is 182 Å². The Morgan fingerprint density at radius 1 is 0.629 bits per heavy atom. The van der Waals surface area contributed by atoms with Crippen molar-refractivity contribution in [2.45, 2.75) is 194 Å². The summed E-state index contributed by atoms with van der Waals surface area (Å²) in [5, 5.41) is 16.9. The maximum Gasteiger partial charge on any atom is 0.221 e. The molecule has 0 aromatic heterocycles. The van der Waals surface area contributed by atoms with Crippen LogP contribution in [0.4, 0.5) is 0 Å². The van der Waals surface area contributed by atoms with E-state index in [0.29, 0.717) is 19.3 Å². The van der Waals surface area contributed by atoms with Gasteiger partial charge in [0.15, 0.2) is 0 Å². The number of hydrogen-bond acceptors (Lipinski definition) is 3. The Bertz CT molecular complexity index is 457. The van der Waals surface area contributed by atoms with Gasteiger partial charge in [0, 0.05) is 6.42 Å². The molecule has 3 N–H and O–H groups in total. The molecule has 2 atom stereocenters. The first kappa shape index (κ1) is 34.4. The molecule has 0 aromatic carbocycles. The number of carbonyl (C=O) groups excluding carboxylic acids is 1. The summed E-state index contributed by atoms with van der Waals surface area (Å²) in [5.74, 6) is 0.103. The van der Waals surface area contributed by atoms with Gasteiger partial charge in [-0.1, -0.05) is 150 Å². The van der Waals surface area contributed by atoms with Crippen molar-refractivity contribution >= 4 is 5.91 Å². The highest BCUT2D eigenvalue weighted by molar-refractivity contribution is 5.76. The Labute approximate surface area is 220 Å². The molecule has 0 aliphatic heterocycles. The van der Waals surface area contributed by atoms with Gasteiger partial charge in [-0.25, -0.2) is 0 Å². The van der Waals surface area contributed by atoms with Gasteiger partial charge in [0.1, 0.15) is 5.72 Å². The molecule has 0 aliphatic rings. The van der Waals surface area contributed by atoms with Crippen LogP contribution in [0.25, 0.3) is 0 Å². The Morgan fingerprint density at radius 2 is 1.03 bits per heavy atom. The molecule has 1 amide bonds. The maximum absolute atomic E-state index is 12.3. The van der Waals surface area contributed by atoms with E-state index >= 15 is 0 Å². The molecule has 0 aromatic rings. The highest BCUT2D eigenvalue weighted by Gasteiger charge is 2.26. The van der Waals surface area contributed by atoms with Crippen LogP contribution in [0.5, 0.6) is 0 Å². The summed E-state index contributed by atoms with van der Waals surface area (Å²) in [6, 6.07) is 0. The number of carbonyl (C=O) groups is 1. The van der Waals surface area contributed by atoms with Crippen LogP contribution in [0.3, 0.4) is 0 Å². The summed E-state index contributed by atoms with van der Waals surface area (Å²) >= 11 is 0. The number of amides is 1. The summed E-state index contributed by atoms with van der Waals surface area (Å²) in [4.78, 5) is 12.3. The van der Waals surface area contributed by atoms with E-state index in [1.54, 1.807) is 0 Å². The summed E-state index contributed by atoms with van der Waals surface area (Å²) in [6.07, 6.45) is 29.4. The predicted octanol–water partition coefficient (Wildman–Crippen LogP) is 9.15. The smallest absolute Gasteiger partial charge is 0.221 e. The number of rotatable bonds is 27. The molecule has 0 aliphatic carbocycles. The van der Waals surface area contributed by atoms with Crippen molar-refractivity contribution in [3.8, 4) is 0 Å². The first-order valence-electron chi connectivity index (χ1n) is 15.8. The third-order valence-electron chi connectivity index (χ3n) is 7.44. The van der Waals surface area contributed by atoms with Gasteiger partial charge >= 0.3 is 0 Å². The molecule has 0 saturated carbocycles. The molecule has 210 valence electrons. The van der Waals surface area contributed by atoms with Crippen molar-refractivity contribution in [2.75, 3.05) is 0 Å². The zero-order valence-corrected chi connectivity index (χ0v) is 24.4. The zero-order chi connectivity index (χ0) is 26.0. The number of nitrogens with one attached hydrogen (secondary N) is 2. The van der Waals surface area contributed by atoms with E-state index in [4.69, 9.17) is 0 Å². The van der Waals surface area contributed by atoms with Crippen LogP contribution < -0.4 is 10.6 Å². The monoisotopic (exact) mass is 496 g/mol. The second-order valence-electron chi connectivity index (χ2n) is 10.9. The molecule has 0 spiro atoms. The van der Waals surface area contributed by atoms with Crippen LogP contribution in [-0.4, -0.2) is 22.9 Å². The molecular weight excluding hydrogens is 432 g/mol. The molecule has 0 radical (unpaired) electrons. The highest BCUT2D eigenvalue weighted by atomic mass is 16.3. The minimum atomic E-state index is -0.879. The van der Waals surface area contributed by atoms with Crippen molar-refractivity contribution in [3.05, 3.63) is 0 Å². The second-order valence-corrected chi connectivity index (χ2v) is 10.9. The van der Waals surface area contributed by atoms with Gasteiger partial charge in [-0.2, -0.15) is 0 Å². The second kappa shape index (κ2) is 25.1. The lowest BCUT2D eigenvalue weighted by atomic mass is 10.0. The standard InChI is InChI=1S/C31H64N2O2/c1-5-9-10-11-12-13-14-15-16-17-18-19-20-21-22-23-24-25-26-27-30(34)32-29(7-3)33-31(35,8-4)28-6-2/h29,33,35H,5-28H2,1-4H3,(H,32,34). The Morgan fingerprint density at radius 3 is 1.37 bits per heavy atom. The highest BCUT2D eigenvalue weighted by Crippen LogP contribution is 2.16. The van der Waals surface area contributed by atoms with Gasteiger partial charge in [-0.15, -0.1) is 0 Å². The summed E-state index contributed by atoms with van der Waals surface area (Å²) in [7, 11) is 0. The van der Waals surface area contributed by atoms with Crippen molar-refractivity contribution in [1.29, 1.82) is 0 Å². The average Bonchev–Trinajstić information content (AvgIpc) is 2.85. The van der Waals surface area contributed by atoms with Gasteiger partial charge in [-0.05, 0) is 25.7 Å². The van der Waals surface area contributed by atoms with Crippen molar-refractivity contribution in [1.82, 2.24) is 10.6 Å². The summed E-state index contributed by atoms with van der Waals surface area (Å²) < 4.78 is 0. The molecule has 0 heterocycles. The van der Waals surface area contributed by atoms with Crippen LogP contribution in [0, 0.1) is 0 Å². The topological polar surface area (TPSA) is 61.4 Å². The van der Waals surface area contributed by atoms with Crippen molar-refractivity contribution in [2.24, 2.45) is 0 Å². The third kappa shape index (κ3) is 22.3. The first-order chi connectivity index (χ1) is 17.0. The lowest BCUT2D eigenvalue weighted by Crippen LogP contribution is -2.56. The fraction of sp³-hybridized carbons (Fsp3) is 0.968. The van der Waals surface area contributed by atoms with Gasteiger partial charge in [0.2, 0.25) is 5.91 Å². The number of aliphatic hydroxyl groups is 1. The van der Waals surface area contributed by atoms with Crippen molar-refractivity contribution in [3.63, 3.8) is 0 Å². The Hall–Kier alpha value is -0.610. The molecule has 4 heteroatoms. The van der Waals surface area contributed by atoms with Gasteiger partial charge in [0.25, 0.3) is 0 Å². The predicted molar refractivity (Wildman–Crippen MR) is 154 cm³/mol. The SMILES string of the molecule is CCCCCCCCCCCCCCCCCCCCCC(=O)NC(CC)NC(O)(CC)CCC. The quantitative estimate of drug-likeness (QED) is 0.0784. The normalized spacial score (nSPS) is 14.1. The minimum absolute atomic E-state index is 0.103. The minimum Gasteiger partial charge on any atom is -0.376 e. The van der Waals surface area contributed by atoms with E-state index in [9.17, 15) is 9.90 Å². The molecule has 0 rings (SSSR count). The van der Waals surface area contributed by atoms with E-state index in [0.717, 1.165) is 25.7 Å². The summed E-state index contributed by atoms with van der Waals surface area (Å²) in [6.45, 7) is 8.38. The van der Waals surface area contributed by atoms with Crippen LogP contribution in [0.15, 0.2) is 0 Å². The molecule has 0 bridgehead atoms. The molecule has 0 saturated heterocycles. The molecule has 2 unspecified atom stereocenters. The fourth-order valence-corrected chi connectivity index (χ4v) is 4.96.